The molecule has 0 aliphatic carbocycles. The molecule has 1 aromatic carbocycles. The minimum Gasteiger partial charge on any atom is -0.351 e. The molecule has 30 heavy (non-hydrogen) atoms. The minimum absolute atomic E-state index is 0.200. The number of fused-ring (bicyclic) bond motifs is 1. The van der Waals surface area contributed by atoms with Gasteiger partial charge in [-0.1, -0.05) is 18.2 Å². The van der Waals surface area contributed by atoms with Gasteiger partial charge in [0.25, 0.3) is 5.56 Å². The monoisotopic (exact) mass is 423 g/mol. The molecule has 0 spiro atoms. The highest BCUT2D eigenvalue weighted by atomic mass is 32.1. The standard InChI is InChI=1S/C21H18FN5O2S/c22-16-5-3-15(4-6-16)13-26-14-24-20-18(21(26)29)12-25-27(20)10-9-23-19(28)8-7-17-2-1-11-30-17/h1-8,11-12,14H,9-10,13H2,(H,23,28)/b8-7+. The summed E-state index contributed by atoms with van der Waals surface area (Å²) in [4.78, 5) is 30.0. The number of carbonyl (C=O) groups excluding carboxylic acids is 1. The van der Waals surface area contributed by atoms with Gasteiger partial charge in [0.15, 0.2) is 5.65 Å². The van der Waals surface area contributed by atoms with Crippen LogP contribution < -0.4 is 10.9 Å². The van der Waals surface area contributed by atoms with Gasteiger partial charge in [-0.25, -0.2) is 14.1 Å². The van der Waals surface area contributed by atoms with Crippen LogP contribution in [-0.2, 0) is 17.9 Å². The average molecular weight is 423 g/mol. The first-order valence-corrected chi connectivity index (χ1v) is 10.1. The largest absolute Gasteiger partial charge is 0.351 e. The highest BCUT2D eigenvalue weighted by molar-refractivity contribution is 7.10. The van der Waals surface area contributed by atoms with Crippen LogP contribution in [0.4, 0.5) is 4.39 Å². The molecule has 0 radical (unpaired) electrons. The predicted octanol–water partition coefficient (Wildman–Crippen LogP) is 2.67. The molecule has 9 heteroatoms. The molecule has 152 valence electrons. The third-order valence-corrected chi connectivity index (χ3v) is 5.29. The molecule has 0 fully saturated rings. The summed E-state index contributed by atoms with van der Waals surface area (Å²) in [5, 5.41) is 9.35. The molecule has 1 amide bonds. The van der Waals surface area contributed by atoms with Gasteiger partial charge in [-0.3, -0.25) is 14.2 Å². The predicted molar refractivity (Wildman–Crippen MR) is 114 cm³/mol. The highest BCUT2D eigenvalue weighted by Gasteiger charge is 2.10. The van der Waals surface area contributed by atoms with E-state index in [0.29, 0.717) is 30.7 Å². The van der Waals surface area contributed by atoms with E-state index in [0.717, 1.165) is 10.4 Å². The number of halogens is 1. The van der Waals surface area contributed by atoms with Gasteiger partial charge in [0, 0.05) is 17.5 Å². The van der Waals surface area contributed by atoms with Crippen LogP contribution in [0.15, 0.2) is 65.2 Å². The third-order valence-electron chi connectivity index (χ3n) is 4.45. The van der Waals surface area contributed by atoms with Crippen LogP contribution in [0.25, 0.3) is 17.1 Å². The van der Waals surface area contributed by atoms with E-state index < -0.39 is 0 Å². The number of hydrogen-bond acceptors (Lipinski definition) is 5. The van der Waals surface area contributed by atoms with Crippen molar-refractivity contribution in [3.05, 3.63) is 87.0 Å². The first-order valence-electron chi connectivity index (χ1n) is 9.25. The van der Waals surface area contributed by atoms with Crippen molar-refractivity contribution in [1.82, 2.24) is 24.6 Å². The molecule has 0 aliphatic rings. The fourth-order valence-electron chi connectivity index (χ4n) is 2.95. The lowest BCUT2D eigenvalue weighted by atomic mass is 10.2. The first-order chi connectivity index (χ1) is 14.6. The lowest BCUT2D eigenvalue weighted by Crippen LogP contribution is -2.26. The van der Waals surface area contributed by atoms with E-state index in [1.807, 2.05) is 17.5 Å². The molecule has 0 unspecified atom stereocenters. The van der Waals surface area contributed by atoms with E-state index in [9.17, 15) is 14.0 Å². The normalized spacial score (nSPS) is 11.4. The molecule has 3 aromatic heterocycles. The second-order valence-electron chi connectivity index (χ2n) is 6.55. The van der Waals surface area contributed by atoms with Gasteiger partial charge in [-0.15, -0.1) is 11.3 Å². The summed E-state index contributed by atoms with van der Waals surface area (Å²) in [5.41, 5.74) is 1.03. The molecule has 0 saturated heterocycles. The summed E-state index contributed by atoms with van der Waals surface area (Å²) >= 11 is 1.55. The Hall–Kier alpha value is -3.59. The maximum atomic E-state index is 13.1. The second-order valence-corrected chi connectivity index (χ2v) is 7.53. The summed E-state index contributed by atoms with van der Waals surface area (Å²) in [6, 6.07) is 9.82. The van der Waals surface area contributed by atoms with Crippen molar-refractivity contribution in [3.8, 4) is 0 Å². The van der Waals surface area contributed by atoms with E-state index in [1.54, 1.807) is 34.2 Å². The summed E-state index contributed by atoms with van der Waals surface area (Å²) in [6.07, 6.45) is 6.17. The maximum absolute atomic E-state index is 13.1. The van der Waals surface area contributed by atoms with Gasteiger partial charge < -0.3 is 5.32 Å². The van der Waals surface area contributed by atoms with Crippen LogP contribution in [0, 0.1) is 5.82 Å². The van der Waals surface area contributed by atoms with Crippen LogP contribution >= 0.6 is 11.3 Å². The van der Waals surface area contributed by atoms with Gasteiger partial charge >= 0.3 is 0 Å². The highest BCUT2D eigenvalue weighted by Crippen LogP contribution is 2.10. The molecule has 1 N–H and O–H groups in total. The molecule has 0 saturated carbocycles. The van der Waals surface area contributed by atoms with Crippen molar-refractivity contribution in [2.45, 2.75) is 13.1 Å². The van der Waals surface area contributed by atoms with E-state index in [2.05, 4.69) is 15.4 Å². The van der Waals surface area contributed by atoms with Crippen LogP contribution in [0.1, 0.15) is 10.4 Å². The molecule has 4 rings (SSSR count). The van der Waals surface area contributed by atoms with Crippen LogP contribution in [0.5, 0.6) is 0 Å². The maximum Gasteiger partial charge on any atom is 0.264 e. The van der Waals surface area contributed by atoms with Gasteiger partial charge in [-0.05, 0) is 35.2 Å². The van der Waals surface area contributed by atoms with Crippen molar-refractivity contribution in [3.63, 3.8) is 0 Å². The number of rotatable bonds is 7. The fraction of sp³-hybridized carbons (Fsp3) is 0.143. The number of hydrogen-bond donors (Lipinski definition) is 1. The van der Waals surface area contributed by atoms with Crippen molar-refractivity contribution in [2.75, 3.05) is 6.54 Å². The SMILES string of the molecule is O=C(/C=C/c1cccs1)NCCn1ncc2c(=O)n(Cc3ccc(F)cc3)cnc21. The lowest BCUT2D eigenvalue weighted by molar-refractivity contribution is -0.116. The fourth-order valence-corrected chi connectivity index (χ4v) is 3.57. The molecule has 0 atom stereocenters. The number of amides is 1. The van der Waals surface area contributed by atoms with Gasteiger partial charge in [0.05, 0.1) is 19.3 Å². The van der Waals surface area contributed by atoms with Crippen molar-refractivity contribution in [1.29, 1.82) is 0 Å². The Morgan fingerprint density at radius 1 is 1.23 bits per heavy atom. The first kappa shape index (κ1) is 19.7. The number of nitrogens with one attached hydrogen (secondary N) is 1. The molecule has 7 nitrogen and oxygen atoms in total. The topological polar surface area (TPSA) is 81.8 Å². The summed E-state index contributed by atoms with van der Waals surface area (Å²) in [5.74, 6) is -0.524. The summed E-state index contributed by atoms with van der Waals surface area (Å²) in [7, 11) is 0. The van der Waals surface area contributed by atoms with E-state index in [1.165, 1.54) is 35.3 Å². The second kappa shape index (κ2) is 8.83. The van der Waals surface area contributed by atoms with Gasteiger partial charge in [0.1, 0.15) is 17.5 Å². The van der Waals surface area contributed by atoms with Crippen molar-refractivity contribution in [2.24, 2.45) is 0 Å². The zero-order chi connectivity index (χ0) is 20.9. The number of nitrogens with zero attached hydrogens (tertiary/aromatic N) is 4. The quantitative estimate of drug-likeness (QED) is 0.464. The molecule has 0 bridgehead atoms. The van der Waals surface area contributed by atoms with E-state index in [-0.39, 0.29) is 17.3 Å². The van der Waals surface area contributed by atoms with Crippen LogP contribution in [-0.4, -0.2) is 31.8 Å². The average Bonchev–Trinajstić information content (AvgIpc) is 3.40. The van der Waals surface area contributed by atoms with Crippen LogP contribution in [0.3, 0.4) is 0 Å². The Kier molecular flexibility index (Phi) is 5.80. The number of thiophene rings is 1. The molecule has 3 heterocycles. The molecular weight excluding hydrogens is 405 g/mol. The lowest BCUT2D eigenvalue weighted by Gasteiger charge is -2.07. The van der Waals surface area contributed by atoms with Crippen molar-refractivity contribution >= 4 is 34.4 Å². The number of aromatic nitrogens is 4. The molecule has 0 aliphatic heterocycles. The minimum atomic E-state index is -0.324. The summed E-state index contributed by atoms with van der Waals surface area (Å²) < 4.78 is 16.1. The Bertz CT molecular complexity index is 1240. The summed E-state index contributed by atoms with van der Waals surface area (Å²) in [6.45, 7) is 1.03. The molecule has 4 aromatic rings. The van der Waals surface area contributed by atoms with Crippen molar-refractivity contribution < 1.29 is 9.18 Å². The zero-order valence-electron chi connectivity index (χ0n) is 15.9. The van der Waals surface area contributed by atoms with Crippen LogP contribution in [0.2, 0.25) is 0 Å². The Labute approximate surface area is 175 Å². The number of carbonyl (C=O) groups is 1. The Balaban J connectivity index is 1.40. The van der Waals surface area contributed by atoms with E-state index in [4.69, 9.17) is 0 Å². The zero-order valence-corrected chi connectivity index (χ0v) is 16.7. The Morgan fingerprint density at radius 2 is 2.07 bits per heavy atom. The number of benzene rings is 1. The smallest absolute Gasteiger partial charge is 0.264 e. The van der Waals surface area contributed by atoms with Gasteiger partial charge in [0.2, 0.25) is 5.91 Å². The molecular formula is C21H18FN5O2S. The Morgan fingerprint density at radius 3 is 2.83 bits per heavy atom. The van der Waals surface area contributed by atoms with E-state index >= 15 is 0 Å². The van der Waals surface area contributed by atoms with Gasteiger partial charge in [-0.2, -0.15) is 5.10 Å². The third kappa shape index (κ3) is 4.52.